The van der Waals surface area contributed by atoms with Crippen molar-refractivity contribution < 1.29 is 14.7 Å². The number of likely N-dealkylation sites (tertiary alicyclic amines) is 1. The molecule has 5 heteroatoms. The Morgan fingerprint density at radius 1 is 1.50 bits per heavy atom. The zero-order valence-electron chi connectivity index (χ0n) is 9.48. The lowest BCUT2D eigenvalue weighted by molar-refractivity contribution is -0.142. The third-order valence-electron chi connectivity index (χ3n) is 3.62. The van der Waals surface area contributed by atoms with Gasteiger partial charge in [-0.15, -0.1) is 0 Å². The summed E-state index contributed by atoms with van der Waals surface area (Å²) in [6.07, 6.45) is 3.66. The molecule has 0 aromatic heterocycles. The minimum absolute atomic E-state index is 0.281. The van der Waals surface area contributed by atoms with E-state index >= 15 is 0 Å². The van der Waals surface area contributed by atoms with Crippen molar-refractivity contribution in [2.45, 2.75) is 38.3 Å². The predicted octanol–water partition coefficient (Wildman–Crippen LogP) is 0.0600. The molecular weight excluding hydrogens is 208 g/mol. The summed E-state index contributed by atoms with van der Waals surface area (Å²) in [6.45, 7) is 2.79. The highest BCUT2D eigenvalue weighted by atomic mass is 16.4. The number of carboxylic acids is 1. The Morgan fingerprint density at radius 2 is 2.25 bits per heavy atom. The van der Waals surface area contributed by atoms with Gasteiger partial charge in [-0.3, -0.25) is 9.69 Å². The van der Waals surface area contributed by atoms with Gasteiger partial charge in [-0.05, 0) is 25.2 Å². The van der Waals surface area contributed by atoms with E-state index in [-0.39, 0.29) is 5.91 Å². The Labute approximate surface area is 94.8 Å². The normalized spacial score (nSPS) is 30.3. The monoisotopic (exact) mass is 226 g/mol. The van der Waals surface area contributed by atoms with Crippen LogP contribution in [0.2, 0.25) is 0 Å². The Morgan fingerprint density at radius 3 is 2.69 bits per heavy atom. The lowest BCUT2D eigenvalue weighted by atomic mass is 10.1. The molecule has 3 atom stereocenters. The van der Waals surface area contributed by atoms with Gasteiger partial charge in [-0.2, -0.15) is 0 Å². The fourth-order valence-electron chi connectivity index (χ4n) is 2.92. The standard InChI is InChI=1S/C11H18N2O3/c1-7(14)12-10(11(15)16)6-13-5-8-2-3-9(13)4-8/h8-10H,2-6H2,1H3,(H,12,14)(H,15,16). The fourth-order valence-corrected chi connectivity index (χ4v) is 2.92. The van der Waals surface area contributed by atoms with Gasteiger partial charge in [0.1, 0.15) is 6.04 Å². The molecule has 1 heterocycles. The van der Waals surface area contributed by atoms with Crippen LogP contribution < -0.4 is 5.32 Å². The van der Waals surface area contributed by atoms with Crippen molar-refractivity contribution in [3.63, 3.8) is 0 Å². The number of carbonyl (C=O) groups excluding carboxylic acids is 1. The summed E-state index contributed by atoms with van der Waals surface area (Å²) in [4.78, 5) is 24.1. The third-order valence-corrected chi connectivity index (χ3v) is 3.62. The highest BCUT2D eigenvalue weighted by molar-refractivity contribution is 5.82. The number of carboxylic acid groups (broad SMARTS) is 1. The summed E-state index contributed by atoms with van der Waals surface area (Å²) < 4.78 is 0. The molecule has 0 aromatic rings. The van der Waals surface area contributed by atoms with E-state index in [9.17, 15) is 9.59 Å². The molecule has 2 N–H and O–H groups in total. The molecule has 16 heavy (non-hydrogen) atoms. The smallest absolute Gasteiger partial charge is 0.327 e. The number of nitrogens with zero attached hydrogens (tertiary/aromatic N) is 1. The fraction of sp³-hybridized carbons (Fsp3) is 0.818. The minimum atomic E-state index is -0.946. The molecule has 1 saturated heterocycles. The van der Waals surface area contributed by atoms with Crippen LogP contribution in [0.3, 0.4) is 0 Å². The second-order valence-electron chi connectivity index (χ2n) is 4.88. The number of hydrogen-bond acceptors (Lipinski definition) is 3. The Kier molecular flexibility index (Phi) is 3.14. The largest absolute Gasteiger partial charge is 0.480 e. The van der Waals surface area contributed by atoms with Crippen LogP contribution in [0.1, 0.15) is 26.2 Å². The van der Waals surface area contributed by atoms with Gasteiger partial charge in [0.15, 0.2) is 0 Å². The van der Waals surface area contributed by atoms with E-state index in [1.807, 2.05) is 0 Å². The number of fused-ring (bicyclic) bond motifs is 2. The van der Waals surface area contributed by atoms with Crippen LogP contribution in [0.25, 0.3) is 0 Å². The topological polar surface area (TPSA) is 69.6 Å². The highest BCUT2D eigenvalue weighted by Gasteiger charge is 2.39. The summed E-state index contributed by atoms with van der Waals surface area (Å²) in [5.74, 6) is -0.480. The number of rotatable bonds is 4. The number of amides is 1. The van der Waals surface area contributed by atoms with Gasteiger partial charge in [0, 0.05) is 26.1 Å². The maximum atomic E-state index is 11.0. The molecule has 5 nitrogen and oxygen atoms in total. The van der Waals surface area contributed by atoms with Gasteiger partial charge >= 0.3 is 5.97 Å². The Hall–Kier alpha value is -1.10. The van der Waals surface area contributed by atoms with Crippen LogP contribution >= 0.6 is 0 Å². The Bertz CT molecular complexity index is 306. The van der Waals surface area contributed by atoms with Crippen molar-refractivity contribution in [1.82, 2.24) is 10.2 Å². The lowest BCUT2D eigenvalue weighted by Crippen LogP contribution is -2.49. The second kappa shape index (κ2) is 4.41. The van der Waals surface area contributed by atoms with E-state index in [2.05, 4.69) is 10.2 Å². The molecule has 90 valence electrons. The van der Waals surface area contributed by atoms with Crippen LogP contribution in [-0.2, 0) is 9.59 Å². The second-order valence-corrected chi connectivity index (χ2v) is 4.88. The van der Waals surface area contributed by atoms with E-state index in [4.69, 9.17) is 5.11 Å². The average molecular weight is 226 g/mol. The minimum Gasteiger partial charge on any atom is -0.480 e. The van der Waals surface area contributed by atoms with E-state index in [0.29, 0.717) is 12.6 Å². The van der Waals surface area contributed by atoms with Crippen LogP contribution in [0, 0.1) is 5.92 Å². The average Bonchev–Trinajstić information content (AvgIpc) is 2.77. The van der Waals surface area contributed by atoms with E-state index in [0.717, 1.165) is 12.5 Å². The van der Waals surface area contributed by atoms with Crippen LogP contribution in [-0.4, -0.2) is 47.1 Å². The first-order valence-electron chi connectivity index (χ1n) is 5.80. The van der Waals surface area contributed by atoms with Gasteiger partial charge in [-0.1, -0.05) is 0 Å². The molecule has 0 aromatic carbocycles. The maximum absolute atomic E-state index is 11.0. The number of piperidine rings is 1. The maximum Gasteiger partial charge on any atom is 0.327 e. The summed E-state index contributed by atoms with van der Waals surface area (Å²) >= 11 is 0. The van der Waals surface area contributed by atoms with Crippen molar-refractivity contribution in [2.75, 3.05) is 13.1 Å². The predicted molar refractivity (Wildman–Crippen MR) is 57.9 cm³/mol. The molecule has 2 bridgehead atoms. The summed E-state index contributed by atoms with van der Waals surface area (Å²) in [6, 6.07) is -0.225. The van der Waals surface area contributed by atoms with Gasteiger partial charge in [0.25, 0.3) is 0 Å². The van der Waals surface area contributed by atoms with Crippen molar-refractivity contribution in [3.05, 3.63) is 0 Å². The molecular formula is C11H18N2O3. The Balaban J connectivity index is 1.90. The van der Waals surface area contributed by atoms with E-state index in [1.54, 1.807) is 0 Å². The van der Waals surface area contributed by atoms with E-state index < -0.39 is 12.0 Å². The third kappa shape index (κ3) is 2.35. The first kappa shape index (κ1) is 11.4. The van der Waals surface area contributed by atoms with Crippen LogP contribution in [0.5, 0.6) is 0 Å². The quantitative estimate of drug-likeness (QED) is 0.711. The zero-order valence-corrected chi connectivity index (χ0v) is 9.48. The molecule has 2 rings (SSSR count). The molecule has 2 fully saturated rings. The van der Waals surface area contributed by atoms with Crippen LogP contribution in [0.4, 0.5) is 0 Å². The van der Waals surface area contributed by atoms with Gasteiger partial charge in [0.2, 0.25) is 5.91 Å². The molecule has 2 aliphatic rings. The first-order valence-corrected chi connectivity index (χ1v) is 5.80. The van der Waals surface area contributed by atoms with Crippen molar-refractivity contribution in [3.8, 4) is 0 Å². The van der Waals surface area contributed by atoms with Crippen molar-refractivity contribution >= 4 is 11.9 Å². The van der Waals surface area contributed by atoms with Gasteiger partial charge < -0.3 is 10.4 Å². The SMILES string of the molecule is CC(=O)NC(CN1CC2CCC1C2)C(=O)O. The molecule has 1 aliphatic carbocycles. The first-order chi connectivity index (χ1) is 7.56. The lowest BCUT2D eigenvalue weighted by Gasteiger charge is -2.29. The van der Waals surface area contributed by atoms with Gasteiger partial charge in [0.05, 0.1) is 0 Å². The molecule has 1 amide bonds. The number of hydrogen-bond donors (Lipinski definition) is 2. The molecule has 1 aliphatic heterocycles. The van der Waals surface area contributed by atoms with Gasteiger partial charge in [-0.25, -0.2) is 4.79 Å². The summed E-state index contributed by atoms with van der Waals surface area (Å²) in [7, 11) is 0. The summed E-state index contributed by atoms with van der Waals surface area (Å²) in [5, 5.41) is 11.5. The van der Waals surface area contributed by atoms with Crippen LogP contribution in [0.15, 0.2) is 0 Å². The van der Waals surface area contributed by atoms with E-state index in [1.165, 1.54) is 26.2 Å². The molecule has 3 unspecified atom stereocenters. The molecule has 1 saturated carbocycles. The van der Waals surface area contributed by atoms with Crippen molar-refractivity contribution in [2.24, 2.45) is 5.92 Å². The zero-order chi connectivity index (χ0) is 11.7. The molecule has 0 spiro atoms. The molecule has 0 radical (unpaired) electrons. The number of nitrogens with one attached hydrogen (secondary N) is 1. The number of aliphatic carboxylic acids is 1. The summed E-state index contributed by atoms with van der Waals surface area (Å²) in [5.41, 5.74) is 0. The number of carbonyl (C=O) groups is 2. The highest BCUT2D eigenvalue weighted by Crippen LogP contribution is 2.37. The van der Waals surface area contributed by atoms with Crippen molar-refractivity contribution in [1.29, 1.82) is 0 Å².